The molecule has 0 aromatic carbocycles. The zero-order chi connectivity index (χ0) is 14.0. The van der Waals surface area contributed by atoms with Crippen molar-refractivity contribution in [3.05, 3.63) is 0 Å². The number of rotatable bonds is 2. The van der Waals surface area contributed by atoms with Crippen LogP contribution in [0.2, 0.25) is 0 Å². The summed E-state index contributed by atoms with van der Waals surface area (Å²) in [5, 5.41) is 0. The molecule has 0 atom stereocenters. The van der Waals surface area contributed by atoms with Gasteiger partial charge >= 0.3 is 6.09 Å². The van der Waals surface area contributed by atoms with Crippen LogP contribution in [0.1, 0.15) is 40.0 Å². The maximum atomic E-state index is 11.8. The minimum absolute atomic E-state index is 0.162. The third-order valence-corrected chi connectivity index (χ3v) is 2.94. The molecule has 104 valence electrons. The molecule has 1 rings (SSSR count). The third-order valence-electron chi connectivity index (χ3n) is 2.94. The molecule has 18 heavy (non-hydrogen) atoms. The van der Waals surface area contributed by atoms with Crippen LogP contribution >= 0.6 is 0 Å². The minimum Gasteiger partial charge on any atom is -0.444 e. The molecular formula is C12H23N3O3. The van der Waals surface area contributed by atoms with E-state index in [1.54, 1.807) is 4.90 Å². The van der Waals surface area contributed by atoms with Crippen LogP contribution in [0, 0.1) is 0 Å². The van der Waals surface area contributed by atoms with Gasteiger partial charge in [-0.1, -0.05) is 0 Å². The molecule has 1 aliphatic rings. The predicted molar refractivity (Wildman–Crippen MR) is 67.8 cm³/mol. The number of carbonyl (C=O) groups excluding carboxylic acids is 2. The molecule has 0 spiro atoms. The van der Waals surface area contributed by atoms with E-state index in [-0.39, 0.29) is 12.5 Å². The van der Waals surface area contributed by atoms with Crippen molar-refractivity contribution < 1.29 is 14.3 Å². The summed E-state index contributed by atoms with van der Waals surface area (Å²) < 4.78 is 5.28. The molecule has 1 fully saturated rings. The van der Waals surface area contributed by atoms with Gasteiger partial charge in [-0.05, 0) is 33.6 Å². The Morgan fingerprint density at radius 1 is 1.28 bits per heavy atom. The maximum Gasteiger partial charge on any atom is 0.410 e. The van der Waals surface area contributed by atoms with E-state index in [2.05, 4.69) is 0 Å². The number of primary amides is 1. The fraction of sp³-hybridized carbons (Fsp3) is 0.833. The molecule has 0 saturated carbocycles. The third kappa shape index (κ3) is 4.52. The lowest BCUT2D eigenvalue weighted by atomic mass is 9.85. The number of piperidine rings is 1. The summed E-state index contributed by atoms with van der Waals surface area (Å²) in [6.07, 6.45) is 0.961. The van der Waals surface area contributed by atoms with Crippen molar-refractivity contribution >= 4 is 12.0 Å². The van der Waals surface area contributed by atoms with Crippen molar-refractivity contribution in [2.45, 2.75) is 51.2 Å². The van der Waals surface area contributed by atoms with Gasteiger partial charge in [-0.3, -0.25) is 4.79 Å². The van der Waals surface area contributed by atoms with E-state index in [0.717, 1.165) is 0 Å². The number of nitrogens with zero attached hydrogens (tertiary/aromatic N) is 1. The van der Waals surface area contributed by atoms with Crippen LogP contribution in [0.3, 0.4) is 0 Å². The van der Waals surface area contributed by atoms with Crippen molar-refractivity contribution in [3.63, 3.8) is 0 Å². The van der Waals surface area contributed by atoms with Gasteiger partial charge in [0.2, 0.25) is 5.91 Å². The number of hydrogen-bond donors (Lipinski definition) is 2. The Kier molecular flexibility index (Phi) is 4.21. The second-order valence-corrected chi connectivity index (χ2v) is 5.97. The summed E-state index contributed by atoms with van der Waals surface area (Å²) >= 11 is 0. The van der Waals surface area contributed by atoms with Crippen LogP contribution in [0.5, 0.6) is 0 Å². The van der Waals surface area contributed by atoms with Crippen LogP contribution in [0.4, 0.5) is 4.79 Å². The number of amides is 2. The standard InChI is InChI=1S/C12H23N3O3/c1-11(2,3)18-10(17)15-6-4-12(14,5-7-15)8-9(13)16/h4-8,14H2,1-3H3,(H2,13,16). The molecule has 0 bridgehead atoms. The smallest absolute Gasteiger partial charge is 0.410 e. The average molecular weight is 257 g/mol. The predicted octanol–water partition coefficient (Wildman–Crippen LogP) is 0.590. The molecule has 0 aliphatic carbocycles. The van der Waals surface area contributed by atoms with Crippen LogP contribution in [0.25, 0.3) is 0 Å². The van der Waals surface area contributed by atoms with Crippen molar-refractivity contribution in [2.75, 3.05) is 13.1 Å². The van der Waals surface area contributed by atoms with Gasteiger partial charge in [0.25, 0.3) is 0 Å². The van der Waals surface area contributed by atoms with Crippen LogP contribution in [0.15, 0.2) is 0 Å². The molecule has 1 heterocycles. The van der Waals surface area contributed by atoms with E-state index in [0.29, 0.717) is 25.9 Å². The lowest BCUT2D eigenvalue weighted by Crippen LogP contribution is -2.54. The number of likely N-dealkylation sites (tertiary alicyclic amines) is 1. The van der Waals surface area contributed by atoms with Crippen molar-refractivity contribution in [1.82, 2.24) is 4.90 Å². The second-order valence-electron chi connectivity index (χ2n) is 5.97. The summed E-state index contributed by atoms with van der Waals surface area (Å²) in [7, 11) is 0. The average Bonchev–Trinajstić information content (AvgIpc) is 2.13. The first kappa shape index (κ1) is 14.8. The van der Waals surface area contributed by atoms with Crippen LogP contribution < -0.4 is 11.5 Å². The lowest BCUT2D eigenvalue weighted by molar-refractivity contribution is -0.119. The molecular weight excluding hydrogens is 234 g/mol. The number of nitrogens with two attached hydrogens (primary N) is 2. The quantitative estimate of drug-likeness (QED) is 0.756. The first-order valence-electron chi connectivity index (χ1n) is 6.16. The van der Waals surface area contributed by atoms with Gasteiger partial charge in [0, 0.05) is 25.0 Å². The SMILES string of the molecule is CC(C)(C)OC(=O)N1CCC(N)(CC(N)=O)CC1. The zero-order valence-corrected chi connectivity index (χ0v) is 11.4. The Morgan fingerprint density at radius 2 is 1.78 bits per heavy atom. The van der Waals surface area contributed by atoms with E-state index >= 15 is 0 Å². The van der Waals surface area contributed by atoms with Gasteiger partial charge in [-0.15, -0.1) is 0 Å². The highest BCUT2D eigenvalue weighted by atomic mass is 16.6. The number of ether oxygens (including phenoxy) is 1. The molecule has 6 nitrogen and oxygen atoms in total. The zero-order valence-electron chi connectivity index (χ0n) is 11.4. The molecule has 1 saturated heterocycles. The second kappa shape index (κ2) is 5.14. The van der Waals surface area contributed by atoms with Crippen molar-refractivity contribution in [2.24, 2.45) is 11.5 Å². The molecule has 6 heteroatoms. The van der Waals surface area contributed by atoms with E-state index < -0.39 is 17.0 Å². The van der Waals surface area contributed by atoms with E-state index in [9.17, 15) is 9.59 Å². The minimum atomic E-state index is -0.579. The summed E-state index contributed by atoms with van der Waals surface area (Å²) in [6, 6.07) is 0. The van der Waals surface area contributed by atoms with Crippen LogP contribution in [-0.4, -0.2) is 41.1 Å². The van der Waals surface area contributed by atoms with Gasteiger partial charge in [0.15, 0.2) is 0 Å². The molecule has 0 aromatic heterocycles. The summed E-state index contributed by atoms with van der Waals surface area (Å²) in [4.78, 5) is 24.4. The summed E-state index contributed by atoms with van der Waals surface area (Å²) in [6.45, 7) is 6.48. The Morgan fingerprint density at radius 3 is 2.17 bits per heavy atom. The number of carbonyl (C=O) groups is 2. The van der Waals surface area contributed by atoms with Gasteiger partial charge in [0.05, 0.1) is 0 Å². The molecule has 0 unspecified atom stereocenters. The Balaban J connectivity index is 2.48. The Hall–Kier alpha value is -1.30. The molecule has 0 radical (unpaired) electrons. The van der Waals surface area contributed by atoms with Gasteiger partial charge in [-0.2, -0.15) is 0 Å². The monoisotopic (exact) mass is 257 g/mol. The van der Waals surface area contributed by atoms with Gasteiger partial charge in [-0.25, -0.2) is 4.79 Å². The highest BCUT2D eigenvalue weighted by Gasteiger charge is 2.35. The molecule has 1 aliphatic heterocycles. The first-order chi connectivity index (χ1) is 8.11. The highest BCUT2D eigenvalue weighted by molar-refractivity contribution is 5.75. The van der Waals surface area contributed by atoms with E-state index in [4.69, 9.17) is 16.2 Å². The number of hydrogen-bond acceptors (Lipinski definition) is 4. The van der Waals surface area contributed by atoms with Crippen LogP contribution in [-0.2, 0) is 9.53 Å². The van der Waals surface area contributed by atoms with Crippen molar-refractivity contribution in [1.29, 1.82) is 0 Å². The molecule has 2 amide bonds. The molecule has 0 aromatic rings. The van der Waals surface area contributed by atoms with Gasteiger partial charge in [0.1, 0.15) is 5.60 Å². The van der Waals surface area contributed by atoms with E-state index in [1.807, 2.05) is 20.8 Å². The van der Waals surface area contributed by atoms with E-state index in [1.165, 1.54) is 0 Å². The topological polar surface area (TPSA) is 98.7 Å². The maximum absolute atomic E-state index is 11.8. The fourth-order valence-electron chi connectivity index (χ4n) is 1.98. The fourth-order valence-corrected chi connectivity index (χ4v) is 1.98. The molecule has 4 N–H and O–H groups in total. The lowest BCUT2D eigenvalue weighted by Gasteiger charge is -2.38. The Bertz CT molecular complexity index is 328. The van der Waals surface area contributed by atoms with Gasteiger partial charge < -0.3 is 21.1 Å². The Labute approximate surface area is 108 Å². The summed E-state index contributed by atoms with van der Waals surface area (Å²) in [5.41, 5.74) is 10.2. The normalized spacial score (nSPS) is 19.4. The largest absolute Gasteiger partial charge is 0.444 e. The first-order valence-corrected chi connectivity index (χ1v) is 6.16. The highest BCUT2D eigenvalue weighted by Crippen LogP contribution is 2.24. The summed E-state index contributed by atoms with van der Waals surface area (Å²) in [5.74, 6) is -0.400. The van der Waals surface area contributed by atoms with Crippen molar-refractivity contribution in [3.8, 4) is 0 Å².